The Morgan fingerprint density at radius 2 is 2.21 bits per heavy atom. The van der Waals surface area contributed by atoms with Gasteiger partial charge < -0.3 is 0 Å². The number of carbonyl (C=O) groups is 1. The molecule has 3 heteroatoms. The number of hydrogen-bond acceptors (Lipinski definition) is 2. The van der Waals surface area contributed by atoms with Crippen molar-refractivity contribution in [1.29, 1.82) is 0 Å². The quantitative estimate of drug-likeness (QED) is 0.670. The Kier molecular flexibility index (Phi) is 2.30. The van der Waals surface area contributed by atoms with Crippen LogP contribution in [0, 0.1) is 5.41 Å². The molecule has 0 bridgehead atoms. The molecular formula is C11H20N2O. The van der Waals surface area contributed by atoms with E-state index in [1.807, 2.05) is 5.01 Å². The highest BCUT2D eigenvalue weighted by atomic mass is 16.2. The number of amides is 1. The Hall–Kier alpha value is -0.570. The molecule has 80 valence electrons. The minimum Gasteiger partial charge on any atom is -0.273 e. The van der Waals surface area contributed by atoms with Crippen LogP contribution >= 0.6 is 0 Å². The first-order valence-electron chi connectivity index (χ1n) is 5.71. The van der Waals surface area contributed by atoms with E-state index in [2.05, 4.69) is 25.8 Å². The highest BCUT2D eigenvalue weighted by molar-refractivity contribution is 5.84. The first-order valence-corrected chi connectivity index (χ1v) is 5.71. The smallest absolute Gasteiger partial charge is 0.244 e. The Bertz CT molecular complexity index is 254. The van der Waals surface area contributed by atoms with Crippen LogP contribution < -0.4 is 0 Å². The van der Waals surface area contributed by atoms with Crippen LogP contribution in [0.2, 0.25) is 0 Å². The van der Waals surface area contributed by atoms with Crippen molar-refractivity contribution in [2.45, 2.75) is 46.1 Å². The summed E-state index contributed by atoms with van der Waals surface area (Å²) in [6.07, 6.45) is 3.19. The van der Waals surface area contributed by atoms with Crippen molar-refractivity contribution in [1.82, 2.24) is 10.0 Å². The topological polar surface area (TPSA) is 23.6 Å². The third-order valence-corrected chi connectivity index (χ3v) is 3.88. The molecule has 3 nitrogen and oxygen atoms in total. The van der Waals surface area contributed by atoms with Crippen molar-refractivity contribution in [3.05, 3.63) is 0 Å². The van der Waals surface area contributed by atoms with Crippen molar-refractivity contribution in [3.63, 3.8) is 0 Å². The van der Waals surface area contributed by atoms with E-state index in [0.717, 1.165) is 32.4 Å². The van der Waals surface area contributed by atoms with Crippen molar-refractivity contribution in [2.24, 2.45) is 5.41 Å². The lowest BCUT2D eigenvalue weighted by atomic mass is 9.87. The molecule has 2 aliphatic heterocycles. The third-order valence-electron chi connectivity index (χ3n) is 3.88. The molecule has 2 saturated heterocycles. The maximum atomic E-state index is 12.2. The molecule has 0 radical (unpaired) electrons. The Morgan fingerprint density at radius 1 is 1.50 bits per heavy atom. The summed E-state index contributed by atoms with van der Waals surface area (Å²) in [6.45, 7) is 8.38. The van der Waals surface area contributed by atoms with Crippen LogP contribution in [0.4, 0.5) is 0 Å². The molecule has 0 aromatic rings. The minimum atomic E-state index is -0.117. The van der Waals surface area contributed by atoms with E-state index in [1.54, 1.807) is 0 Å². The fourth-order valence-electron chi connectivity index (χ4n) is 2.60. The third kappa shape index (κ3) is 1.18. The van der Waals surface area contributed by atoms with Gasteiger partial charge in [-0.25, -0.2) is 5.01 Å². The molecule has 2 rings (SSSR count). The SMILES string of the molecule is CC[C@H]1CCN2C[C@@](C)(CC)C(=O)N12. The molecule has 2 heterocycles. The van der Waals surface area contributed by atoms with E-state index < -0.39 is 0 Å². The molecule has 1 amide bonds. The van der Waals surface area contributed by atoms with E-state index in [0.29, 0.717) is 11.9 Å². The lowest BCUT2D eigenvalue weighted by molar-refractivity contribution is -0.142. The highest BCUT2D eigenvalue weighted by Crippen LogP contribution is 2.38. The first-order chi connectivity index (χ1) is 6.62. The van der Waals surface area contributed by atoms with Crippen LogP contribution in [0.5, 0.6) is 0 Å². The van der Waals surface area contributed by atoms with Crippen LogP contribution in [0.3, 0.4) is 0 Å². The van der Waals surface area contributed by atoms with Crippen LogP contribution in [0.1, 0.15) is 40.0 Å². The second kappa shape index (κ2) is 3.23. The molecule has 2 atom stereocenters. The zero-order valence-corrected chi connectivity index (χ0v) is 9.42. The maximum Gasteiger partial charge on any atom is 0.244 e. The number of carbonyl (C=O) groups excluding carboxylic acids is 1. The molecule has 0 aromatic carbocycles. The fraction of sp³-hybridized carbons (Fsp3) is 0.909. The molecule has 2 aliphatic rings. The average molecular weight is 196 g/mol. The molecule has 0 N–H and O–H groups in total. The summed E-state index contributed by atoms with van der Waals surface area (Å²) in [5.74, 6) is 0.351. The van der Waals surface area contributed by atoms with Crippen molar-refractivity contribution < 1.29 is 4.79 Å². The van der Waals surface area contributed by atoms with Gasteiger partial charge in [0.1, 0.15) is 0 Å². The predicted molar refractivity (Wildman–Crippen MR) is 55.5 cm³/mol. The molecule has 14 heavy (non-hydrogen) atoms. The average Bonchev–Trinajstić information content (AvgIpc) is 2.68. The van der Waals surface area contributed by atoms with Gasteiger partial charge in [-0.2, -0.15) is 0 Å². The van der Waals surface area contributed by atoms with Gasteiger partial charge in [0, 0.05) is 19.1 Å². The van der Waals surface area contributed by atoms with E-state index in [4.69, 9.17) is 0 Å². The molecule has 0 saturated carbocycles. The van der Waals surface area contributed by atoms with Gasteiger partial charge in [-0.05, 0) is 26.2 Å². The Labute approximate surface area is 86.0 Å². The van der Waals surface area contributed by atoms with Crippen LogP contribution in [-0.2, 0) is 4.79 Å². The molecule has 0 aromatic heterocycles. The number of hydrogen-bond donors (Lipinski definition) is 0. The van der Waals surface area contributed by atoms with Crippen molar-refractivity contribution >= 4 is 5.91 Å². The number of rotatable bonds is 2. The summed E-state index contributed by atoms with van der Waals surface area (Å²) in [7, 11) is 0. The predicted octanol–water partition coefficient (Wildman–Crippen LogP) is 1.64. The molecule has 0 spiro atoms. The molecule has 2 fully saturated rings. The number of fused-ring (bicyclic) bond motifs is 1. The van der Waals surface area contributed by atoms with Gasteiger partial charge in [0.15, 0.2) is 0 Å². The van der Waals surface area contributed by atoms with Gasteiger partial charge in [0.25, 0.3) is 0 Å². The second-order valence-electron chi connectivity index (χ2n) is 4.80. The van der Waals surface area contributed by atoms with Crippen LogP contribution in [0.25, 0.3) is 0 Å². The highest BCUT2D eigenvalue weighted by Gasteiger charge is 2.50. The van der Waals surface area contributed by atoms with Gasteiger partial charge in [-0.15, -0.1) is 0 Å². The number of nitrogens with zero attached hydrogens (tertiary/aromatic N) is 2. The fourth-order valence-corrected chi connectivity index (χ4v) is 2.60. The largest absolute Gasteiger partial charge is 0.273 e. The van der Waals surface area contributed by atoms with Gasteiger partial charge in [0.2, 0.25) is 5.91 Å². The van der Waals surface area contributed by atoms with Gasteiger partial charge >= 0.3 is 0 Å². The summed E-state index contributed by atoms with van der Waals surface area (Å²) in [5.41, 5.74) is -0.117. The Morgan fingerprint density at radius 3 is 2.79 bits per heavy atom. The normalized spacial score (nSPS) is 38.1. The van der Waals surface area contributed by atoms with Crippen molar-refractivity contribution in [3.8, 4) is 0 Å². The molecule has 0 unspecified atom stereocenters. The van der Waals surface area contributed by atoms with E-state index in [1.165, 1.54) is 0 Å². The molecular weight excluding hydrogens is 176 g/mol. The zero-order valence-electron chi connectivity index (χ0n) is 9.42. The van der Waals surface area contributed by atoms with Crippen molar-refractivity contribution in [2.75, 3.05) is 13.1 Å². The van der Waals surface area contributed by atoms with E-state index in [-0.39, 0.29) is 5.41 Å². The second-order valence-corrected chi connectivity index (χ2v) is 4.80. The summed E-state index contributed by atoms with van der Waals surface area (Å²) >= 11 is 0. The maximum absolute atomic E-state index is 12.2. The van der Waals surface area contributed by atoms with Gasteiger partial charge in [-0.3, -0.25) is 9.80 Å². The van der Waals surface area contributed by atoms with Gasteiger partial charge in [-0.1, -0.05) is 13.8 Å². The first kappa shape index (κ1) is 9.97. The van der Waals surface area contributed by atoms with E-state index in [9.17, 15) is 4.79 Å². The minimum absolute atomic E-state index is 0.117. The number of hydrazine groups is 1. The Balaban J connectivity index is 2.21. The standard InChI is InChI=1S/C11H20N2O/c1-4-9-6-7-12-8-11(3,5-2)10(14)13(9)12/h9H,4-8H2,1-3H3/t9-,11+/m0/s1. The van der Waals surface area contributed by atoms with Gasteiger partial charge in [0.05, 0.1) is 5.41 Å². The summed E-state index contributed by atoms with van der Waals surface area (Å²) in [4.78, 5) is 12.2. The van der Waals surface area contributed by atoms with Crippen LogP contribution in [-0.4, -0.2) is 35.1 Å². The molecule has 0 aliphatic carbocycles. The lowest BCUT2D eigenvalue weighted by Gasteiger charge is -2.25. The monoisotopic (exact) mass is 196 g/mol. The zero-order chi connectivity index (χ0) is 10.3. The lowest BCUT2D eigenvalue weighted by Crippen LogP contribution is -2.39. The van der Waals surface area contributed by atoms with E-state index >= 15 is 0 Å². The summed E-state index contributed by atoms with van der Waals surface area (Å²) in [6, 6.07) is 0.468. The summed E-state index contributed by atoms with van der Waals surface area (Å²) < 4.78 is 0. The summed E-state index contributed by atoms with van der Waals surface area (Å²) in [5, 5.41) is 4.28. The van der Waals surface area contributed by atoms with Crippen LogP contribution in [0.15, 0.2) is 0 Å².